The fourth-order valence-corrected chi connectivity index (χ4v) is 1.47. The van der Waals surface area contributed by atoms with E-state index < -0.39 is 11.0 Å². The molecule has 1 aromatic rings. The van der Waals surface area contributed by atoms with Gasteiger partial charge in [-0.15, -0.1) is 0 Å². The molecule has 0 aliphatic heterocycles. The van der Waals surface area contributed by atoms with Gasteiger partial charge in [0.25, 0.3) is 11.0 Å². The first-order valence-electron chi connectivity index (χ1n) is 3.34. The quantitative estimate of drug-likeness (QED) is 0.576. The summed E-state index contributed by atoms with van der Waals surface area (Å²) in [6.07, 6.45) is 0. The molecule has 0 unspecified atom stereocenters. The van der Waals surface area contributed by atoms with E-state index in [1.807, 2.05) is 0 Å². The lowest BCUT2D eigenvalue weighted by Gasteiger charge is -2.00. The monoisotopic (exact) mass is 222 g/mol. The van der Waals surface area contributed by atoms with Gasteiger partial charge in [0, 0.05) is 10.5 Å². The van der Waals surface area contributed by atoms with E-state index in [4.69, 9.17) is 11.6 Å². The van der Waals surface area contributed by atoms with Gasteiger partial charge in [0.15, 0.2) is 0 Å². The molecule has 0 atom stereocenters. The normalized spacial score (nSPS) is 10.5. The van der Waals surface area contributed by atoms with Crippen molar-refractivity contribution in [1.29, 1.82) is 0 Å². The lowest BCUT2D eigenvalue weighted by Crippen LogP contribution is -1.89. The molecule has 0 saturated carbocycles. The summed E-state index contributed by atoms with van der Waals surface area (Å²) in [5, 5.41) is -0.642. The van der Waals surface area contributed by atoms with Crippen molar-refractivity contribution >= 4 is 28.6 Å². The Morgan fingerprint density at radius 3 is 2.69 bits per heavy atom. The highest BCUT2D eigenvalue weighted by Crippen LogP contribution is 2.25. The van der Waals surface area contributed by atoms with Crippen LogP contribution >= 0.6 is 23.4 Å². The van der Waals surface area contributed by atoms with Crippen molar-refractivity contribution < 1.29 is 13.6 Å². The molecule has 0 saturated heterocycles. The molecule has 0 spiro atoms. The molecule has 0 aliphatic rings. The maximum Gasteiger partial charge on any atom is 0.288 e. The summed E-state index contributed by atoms with van der Waals surface area (Å²) in [6.45, 7) is 0. The van der Waals surface area contributed by atoms with Crippen LogP contribution in [0.25, 0.3) is 0 Å². The molecule has 0 aromatic heterocycles. The van der Waals surface area contributed by atoms with Gasteiger partial charge < -0.3 is 0 Å². The SMILES string of the molecule is O=C(Cl)c1cccc(SC(F)F)c1. The van der Waals surface area contributed by atoms with Gasteiger partial charge in [0.2, 0.25) is 0 Å². The van der Waals surface area contributed by atoms with Crippen LogP contribution in [0.1, 0.15) is 10.4 Å². The second kappa shape index (κ2) is 4.58. The summed E-state index contributed by atoms with van der Waals surface area (Å²) >= 11 is 5.56. The predicted octanol–water partition coefficient (Wildman–Crippen LogP) is 3.38. The van der Waals surface area contributed by atoms with E-state index >= 15 is 0 Å². The highest BCUT2D eigenvalue weighted by Gasteiger charge is 2.07. The molecule has 13 heavy (non-hydrogen) atoms. The molecule has 70 valence electrons. The average molecular weight is 223 g/mol. The van der Waals surface area contributed by atoms with Crippen molar-refractivity contribution in [2.75, 3.05) is 0 Å². The summed E-state index contributed by atoms with van der Waals surface area (Å²) in [4.78, 5) is 11.0. The van der Waals surface area contributed by atoms with Crippen molar-refractivity contribution in [1.82, 2.24) is 0 Å². The van der Waals surface area contributed by atoms with Crippen molar-refractivity contribution in [3.63, 3.8) is 0 Å². The van der Waals surface area contributed by atoms with Crippen LogP contribution in [0.15, 0.2) is 29.2 Å². The van der Waals surface area contributed by atoms with Crippen molar-refractivity contribution in [3.05, 3.63) is 29.8 Å². The Morgan fingerprint density at radius 2 is 2.15 bits per heavy atom. The second-order valence-corrected chi connectivity index (χ2v) is 3.59. The smallest absolute Gasteiger partial charge is 0.276 e. The minimum atomic E-state index is -2.49. The predicted molar refractivity (Wildman–Crippen MR) is 48.5 cm³/mol. The van der Waals surface area contributed by atoms with Gasteiger partial charge in [-0.2, -0.15) is 8.78 Å². The fourth-order valence-electron chi connectivity index (χ4n) is 0.795. The number of rotatable bonds is 3. The van der Waals surface area contributed by atoms with Crippen LogP contribution < -0.4 is 0 Å². The lowest BCUT2D eigenvalue weighted by molar-refractivity contribution is 0.108. The number of carbonyl (C=O) groups is 1. The number of benzene rings is 1. The van der Waals surface area contributed by atoms with Gasteiger partial charge in [-0.05, 0) is 23.7 Å². The molecule has 0 N–H and O–H groups in total. The first-order chi connectivity index (χ1) is 6.09. The van der Waals surface area contributed by atoms with Gasteiger partial charge in [-0.3, -0.25) is 4.79 Å². The number of halogens is 3. The van der Waals surface area contributed by atoms with Gasteiger partial charge in [-0.1, -0.05) is 23.9 Å². The third-order valence-electron chi connectivity index (χ3n) is 1.29. The Kier molecular flexibility index (Phi) is 3.69. The van der Waals surface area contributed by atoms with Gasteiger partial charge in [-0.25, -0.2) is 0 Å². The number of carbonyl (C=O) groups excluding carboxylic acids is 1. The maximum atomic E-state index is 11.9. The average Bonchev–Trinajstić information content (AvgIpc) is 2.03. The number of hydrogen-bond acceptors (Lipinski definition) is 2. The van der Waals surface area contributed by atoms with Gasteiger partial charge in [0.1, 0.15) is 0 Å². The molecule has 0 amide bonds. The molecule has 1 aromatic carbocycles. The van der Waals surface area contributed by atoms with Crippen LogP contribution in [0.4, 0.5) is 8.78 Å². The first-order valence-corrected chi connectivity index (χ1v) is 4.60. The zero-order valence-electron chi connectivity index (χ0n) is 6.34. The van der Waals surface area contributed by atoms with E-state index in [1.165, 1.54) is 24.3 Å². The van der Waals surface area contributed by atoms with E-state index in [1.54, 1.807) is 0 Å². The van der Waals surface area contributed by atoms with Gasteiger partial charge >= 0.3 is 0 Å². The number of hydrogen-bond donors (Lipinski definition) is 0. The van der Waals surface area contributed by atoms with Crippen LogP contribution in [0.2, 0.25) is 0 Å². The molecule has 1 nitrogen and oxygen atoms in total. The van der Waals surface area contributed by atoms with E-state index in [9.17, 15) is 13.6 Å². The molecule has 0 fully saturated rings. The molecule has 5 heteroatoms. The minimum absolute atomic E-state index is 0.229. The Morgan fingerprint density at radius 1 is 1.46 bits per heavy atom. The Labute approximate surface area is 83.1 Å². The standard InChI is InChI=1S/C8H5ClF2OS/c9-7(12)5-2-1-3-6(4-5)13-8(10)11/h1-4,8H. The lowest BCUT2D eigenvalue weighted by atomic mass is 10.2. The molecule has 1 rings (SSSR count). The van der Waals surface area contributed by atoms with Crippen molar-refractivity contribution in [2.45, 2.75) is 10.7 Å². The fraction of sp³-hybridized carbons (Fsp3) is 0.125. The maximum absolute atomic E-state index is 11.9. The summed E-state index contributed by atoms with van der Waals surface area (Å²) in [5.41, 5.74) is 0.229. The van der Waals surface area contributed by atoms with Crippen LogP contribution in [-0.2, 0) is 0 Å². The Bertz CT molecular complexity index is 317. The van der Waals surface area contributed by atoms with E-state index in [-0.39, 0.29) is 5.56 Å². The summed E-state index contributed by atoms with van der Waals surface area (Å²) in [5.74, 6) is -2.49. The molecule has 0 bridgehead atoms. The Balaban J connectivity index is 2.85. The van der Waals surface area contributed by atoms with E-state index in [0.717, 1.165) is 0 Å². The molecular weight excluding hydrogens is 218 g/mol. The molecule has 0 radical (unpaired) electrons. The first kappa shape index (κ1) is 10.5. The van der Waals surface area contributed by atoms with E-state index in [2.05, 4.69) is 0 Å². The third kappa shape index (κ3) is 3.32. The highest BCUT2D eigenvalue weighted by atomic mass is 35.5. The number of alkyl halides is 2. The van der Waals surface area contributed by atoms with Crippen molar-refractivity contribution in [2.24, 2.45) is 0 Å². The minimum Gasteiger partial charge on any atom is -0.276 e. The van der Waals surface area contributed by atoms with Crippen LogP contribution in [0, 0.1) is 0 Å². The topological polar surface area (TPSA) is 17.1 Å². The summed E-state index contributed by atoms with van der Waals surface area (Å²) in [7, 11) is 0. The van der Waals surface area contributed by atoms with Crippen LogP contribution in [0.3, 0.4) is 0 Å². The van der Waals surface area contributed by atoms with Crippen LogP contribution in [-0.4, -0.2) is 11.0 Å². The molecular formula is C8H5ClF2OS. The molecule has 0 heterocycles. The number of thioether (sulfide) groups is 1. The second-order valence-electron chi connectivity index (χ2n) is 2.18. The van der Waals surface area contributed by atoms with Gasteiger partial charge in [0.05, 0.1) is 0 Å². The zero-order valence-corrected chi connectivity index (χ0v) is 7.91. The summed E-state index contributed by atoms with van der Waals surface area (Å²) < 4.78 is 23.8. The zero-order chi connectivity index (χ0) is 9.84. The van der Waals surface area contributed by atoms with E-state index in [0.29, 0.717) is 16.7 Å². The van der Waals surface area contributed by atoms with Crippen molar-refractivity contribution in [3.8, 4) is 0 Å². The van der Waals surface area contributed by atoms with Crippen LogP contribution in [0.5, 0.6) is 0 Å². The summed E-state index contributed by atoms with van der Waals surface area (Å²) in [6, 6.07) is 5.83. The molecule has 0 aliphatic carbocycles. The Hall–Kier alpha value is -0.610. The highest BCUT2D eigenvalue weighted by molar-refractivity contribution is 7.99. The largest absolute Gasteiger partial charge is 0.288 e. The third-order valence-corrected chi connectivity index (χ3v) is 2.21.